The van der Waals surface area contributed by atoms with Gasteiger partial charge in [0.2, 0.25) is 12.5 Å². The molecule has 0 aliphatic carbocycles. The molecule has 2 aromatic rings. The van der Waals surface area contributed by atoms with E-state index in [-0.39, 0.29) is 6.79 Å². The lowest BCUT2D eigenvalue weighted by molar-refractivity contribution is 0.174. The van der Waals surface area contributed by atoms with E-state index in [4.69, 9.17) is 23.7 Å². The monoisotopic (exact) mass is 436 g/mol. The Morgan fingerprint density at radius 2 is 1.78 bits per heavy atom. The van der Waals surface area contributed by atoms with Crippen molar-refractivity contribution in [2.45, 2.75) is 6.54 Å². The second-order valence-electron chi connectivity index (χ2n) is 7.05. The third kappa shape index (κ3) is 3.25. The van der Waals surface area contributed by atoms with Crippen molar-refractivity contribution in [2.24, 2.45) is 0 Å². The summed E-state index contributed by atoms with van der Waals surface area (Å²) in [6.45, 7) is 0.604. The molecule has 0 saturated carbocycles. The molecule has 3 heterocycles. The van der Waals surface area contributed by atoms with E-state index in [2.05, 4.69) is 15.0 Å². The van der Waals surface area contributed by atoms with E-state index >= 15 is 0 Å². The van der Waals surface area contributed by atoms with E-state index in [9.17, 15) is 4.79 Å². The van der Waals surface area contributed by atoms with Crippen molar-refractivity contribution >= 4 is 0 Å². The Morgan fingerprint density at radius 3 is 2.50 bits per heavy atom. The Morgan fingerprint density at radius 1 is 1.03 bits per heavy atom. The van der Waals surface area contributed by atoms with Crippen molar-refractivity contribution in [3.63, 3.8) is 0 Å². The van der Waals surface area contributed by atoms with Crippen molar-refractivity contribution in [2.75, 3.05) is 28.1 Å². The van der Waals surface area contributed by atoms with Crippen LogP contribution in [0.4, 0.5) is 0 Å². The number of methoxy groups -OCH3 is 3. The van der Waals surface area contributed by atoms with Crippen molar-refractivity contribution < 1.29 is 23.7 Å². The zero-order valence-corrected chi connectivity index (χ0v) is 17.7. The number of aromatic amines is 1. The summed E-state index contributed by atoms with van der Waals surface area (Å²) in [5, 5.41) is 0. The first kappa shape index (κ1) is 19.7. The van der Waals surface area contributed by atoms with Crippen LogP contribution in [0.25, 0.3) is 22.9 Å². The topological polar surface area (TPSA) is 110 Å². The molecule has 0 atom stereocenters. The Bertz CT molecular complexity index is 1300. The average Bonchev–Trinajstić information content (AvgIpc) is 3.43. The van der Waals surface area contributed by atoms with E-state index in [1.54, 1.807) is 27.5 Å². The van der Waals surface area contributed by atoms with Crippen LogP contribution < -0.4 is 29.4 Å². The second-order valence-corrected chi connectivity index (χ2v) is 7.05. The Hall–Kier alpha value is -4.21. The molecule has 0 unspecified atom stereocenters. The summed E-state index contributed by atoms with van der Waals surface area (Å²) in [6.07, 6.45) is 1.67. The van der Waals surface area contributed by atoms with Gasteiger partial charge in [0.15, 0.2) is 34.6 Å². The van der Waals surface area contributed by atoms with Crippen molar-refractivity contribution in [1.29, 1.82) is 0 Å². The largest absolute Gasteiger partial charge is 0.493 e. The minimum Gasteiger partial charge on any atom is -0.493 e. The fourth-order valence-electron chi connectivity index (χ4n) is 3.76. The SMILES string of the molecule is COc1cc(-c2cnc3[nH]c(=O)nc-3n2Cc2ccc3c(c2)OCO3)cc(OC)c1OC. The van der Waals surface area contributed by atoms with Crippen molar-refractivity contribution in [3.05, 3.63) is 52.6 Å². The van der Waals surface area contributed by atoms with E-state index in [1.165, 1.54) is 0 Å². The molecule has 10 heteroatoms. The van der Waals surface area contributed by atoms with Crippen LogP contribution in [0.2, 0.25) is 0 Å². The molecule has 164 valence electrons. The van der Waals surface area contributed by atoms with Crippen LogP contribution in [0.15, 0.2) is 41.3 Å². The number of fused-ring (bicyclic) bond motifs is 2. The van der Waals surface area contributed by atoms with Crippen LogP contribution in [0.3, 0.4) is 0 Å². The maximum atomic E-state index is 12.0. The van der Waals surface area contributed by atoms with Gasteiger partial charge in [-0.3, -0.25) is 4.98 Å². The first-order valence-corrected chi connectivity index (χ1v) is 9.75. The Balaban J connectivity index is 1.69. The minimum atomic E-state index is -0.464. The summed E-state index contributed by atoms with van der Waals surface area (Å²) < 4.78 is 29.3. The van der Waals surface area contributed by atoms with Crippen LogP contribution in [-0.4, -0.2) is 47.6 Å². The quantitative estimate of drug-likeness (QED) is 0.491. The van der Waals surface area contributed by atoms with E-state index in [0.717, 1.165) is 11.1 Å². The predicted octanol–water partition coefficient (Wildman–Crippen LogP) is 2.54. The lowest BCUT2D eigenvalue weighted by Crippen LogP contribution is -2.11. The molecule has 5 rings (SSSR count). The molecule has 0 spiro atoms. The fourth-order valence-corrected chi connectivity index (χ4v) is 3.76. The lowest BCUT2D eigenvalue weighted by Gasteiger charge is -2.19. The predicted molar refractivity (Wildman–Crippen MR) is 114 cm³/mol. The second kappa shape index (κ2) is 7.80. The van der Waals surface area contributed by atoms with E-state index in [0.29, 0.717) is 52.6 Å². The number of hydrogen-bond acceptors (Lipinski definition) is 8. The number of nitrogens with one attached hydrogen (secondary N) is 1. The van der Waals surface area contributed by atoms with Crippen LogP contribution in [-0.2, 0) is 6.54 Å². The van der Waals surface area contributed by atoms with Gasteiger partial charge < -0.3 is 28.3 Å². The number of imidazole rings is 1. The molecule has 1 N–H and O–H groups in total. The van der Waals surface area contributed by atoms with Gasteiger partial charge in [-0.25, -0.2) is 9.78 Å². The van der Waals surface area contributed by atoms with E-state index in [1.807, 2.05) is 34.9 Å². The summed E-state index contributed by atoms with van der Waals surface area (Å²) in [5.41, 5.74) is 1.94. The van der Waals surface area contributed by atoms with Crippen LogP contribution in [0.5, 0.6) is 28.7 Å². The van der Waals surface area contributed by atoms with Crippen molar-refractivity contribution in [3.8, 4) is 51.7 Å². The third-order valence-electron chi connectivity index (χ3n) is 5.25. The summed E-state index contributed by atoms with van der Waals surface area (Å²) in [7, 11) is 4.66. The summed E-state index contributed by atoms with van der Waals surface area (Å²) >= 11 is 0. The molecule has 32 heavy (non-hydrogen) atoms. The highest BCUT2D eigenvalue weighted by molar-refractivity contribution is 5.70. The first-order valence-electron chi connectivity index (χ1n) is 9.75. The summed E-state index contributed by atoms with van der Waals surface area (Å²) in [4.78, 5) is 23.2. The van der Waals surface area contributed by atoms with Crippen LogP contribution in [0, 0.1) is 0 Å². The standard InChI is InChI=1S/C22H20N4O6/c1-28-17-7-13(8-18(29-2)19(17)30-3)14-9-23-20-21(25-22(27)24-20)26(14)10-12-4-5-15-16(6-12)32-11-31-15/h4-9H,10-11H2,1-3H3,(H,23,24,27). The minimum absolute atomic E-state index is 0.195. The zero-order chi connectivity index (χ0) is 22.2. The number of ether oxygens (including phenoxy) is 5. The fraction of sp³-hybridized carbons (Fsp3) is 0.227. The van der Waals surface area contributed by atoms with Gasteiger partial charge in [-0.2, -0.15) is 4.98 Å². The number of nitrogens with zero attached hydrogens (tertiary/aromatic N) is 3. The zero-order valence-electron chi connectivity index (χ0n) is 17.7. The van der Waals surface area contributed by atoms with Gasteiger partial charge in [0.25, 0.3) is 0 Å². The molecule has 0 saturated heterocycles. The van der Waals surface area contributed by atoms with Gasteiger partial charge in [0, 0.05) is 12.1 Å². The number of aromatic nitrogens is 4. The normalized spacial score (nSPS) is 12.2. The smallest absolute Gasteiger partial charge is 0.348 e. The van der Waals surface area contributed by atoms with Crippen molar-refractivity contribution in [1.82, 2.24) is 19.5 Å². The summed E-state index contributed by atoms with van der Waals surface area (Å²) in [5.74, 6) is 3.69. The van der Waals surface area contributed by atoms with Crippen LogP contribution >= 0.6 is 0 Å². The average molecular weight is 436 g/mol. The number of hydrogen-bond donors (Lipinski definition) is 1. The lowest BCUT2D eigenvalue weighted by atomic mass is 10.1. The number of benzene rings is 2. The van der Waals surface area contributed by atoms with Gasteiger partial charge in [0.05, 0.1) is 33.2 Å². The molecular weight excluding hydrogens is 416 g/mol. The first-order chi connectivity index (χ1) is 15.6. The highest BCUT2D eigenvalue weighted by atomic mass is 16.7. The van der Waals surface area contributed by atoms with Gasteiger partial charge in [-0.05, 0) is 29.8 Å². The molecule has 0 radical (unpaired) electrons. The number of H-pyrrole nitrogens is 1. The maximum absolute atomic E-state index is 12.0. The Kier molecular flexibility index (Phi) is 4.81. The van der Waals surface area contributed by atoms with E-state index < -0.39 is 5.69 Å². The molecule has 0 amide bonds. The molecule has 10 nitrogen and oxygen atoms in total. The molecular formula is C22H20N4O6. The highest BCUT2D eigenvalue weighted by Gasteiger charge is 2.22. The molecule has 0 aromatic heterocycles. The molecule has 2 aromatic carbocycles. The third-order valence-corrected chi connectivity index (χ3v) is 5.25. The van der Waals surface area contributed by atoms with Crippen LogP contribution in [0.1, 0.15) is 5.56 Å². The maximum Gasteiger partial charge on any atom is 0.348 e. The molecule has 3 aliphatic rings. The summed E-state index contributed by atoms with van der Waals surface area (Å²) in [6, 6.07) is 9.36. The molecule has 0 bridgehead atoms. The molecule has 0 fully saturated rings. The highest BCUT2D eigenvalue weighted by Crippen LogP contribution is 2.42. The van der Waals surface area contributed by atoms with Gasteiger partial charge >= 0.3 is 5.69 Å². The molecule has 3 aliphatic heterocycles. The van der Waals surface area contributed by atoms with Gasteiger partial charge in [0.1, 0.15) is 0 Å². The number of rotatable bonds is 6. The Labute approximate surface area is 182 Å². The van der Waals surface area contributed by atoms with Gasteiger partial charge in [-0.15, -0.1) is 0 Å². The van der Waals surface area contributed by atoms with Gasteiger partial charge in [-0.1, -0.05) is 6.07 Å².